The van der Waals surface area contributed by atoms with E-state index in [1.165, 1.54) is 19.3 Å². The maximum Gasteiger partial charge on any atom is 0.128 e. The van der Waals surface area contributed by atoms with Crippen molar-refractivity contribution in [3.05, 3.63) is 22.8 Å². The van der Waals surface area contributed by atoms with Gasteiger partial charge in [-0.2, -0.15) is 0 Å². The van der Waals surface area contributed by atoms with Gasteiger partial charge in [0.2, 0.25) is 0 Å². The Bertz CT molecular complexity index is 414. The molecule has 2 aliphatic heterocycles. The van der Waals surface area contributed by atoms with E-state index < -0.39 is 0 Å². The van der Waals surface area contributed by atoms with Crippen molar-refractivity contribution in [1.29, 1.82) is 0 Å². The summed E-state index contributed by atoms with van der Waals surface area (Å²) in [5, 5.41) is 0. The van der Waals surface area contributed by atoms with Crippen LogP contribution in [0.15, 0.2) is 22.8 Å². The minimum absolute atomic E-state index is 0.451. The molecule has 0 radical (unpaired) electrons. The molecule has 18 heavy (non-hydrogen) atoms. The SMILES string of the molecule is C[C@H]1N(c2ccc(Br)cn2)CCC12CCOCC2. The molecule has 1 aromatic heterocycles. The summed E-state index contributed by atoms with van der Waals surface area (Å²) < 4.78 is 6.56. The summed E-state index contributed by atoms with van der Waals surface area (Å²) in [5.41, 5.74) is 0.451. The van der Waals surface area contributed by atoms with Crippen LogP contribution in [0.25, 0.3) is 0 Å². The number of halogens is 1. The fraction of sp³-hybridized carbons (Fsp3) is 0.643. The largest absolute Gasteiger partial charge is 0.381 e. The van der Waals surface area contributed by atoms with Gasteiger partial charge in [-0.05, 0) is 59.7 Å². The molecule has 3 nitrogen and oxygen atoms in total. The Morgan fingerprint density at radius 2 is 2.11 bits per heavy atom. The lowest BCUT2D eigenvalue weighted by atomic mass is 9.74. The number of aromatic nitrogens is 1. The number of pyridine rings is 1. The second-order valence-electron chi connectivity index (χ2n) is 5.43. The Hall–Kier alpha value is -0.610. The van der Waals surface area contributed by atoms with Crippen LogP contribution in [-0.2, 0) is 4.74 Å². The highest BCUT2D eigenvalue weighted by Crippen LogP contribution is 2.45. The highest BCUT2D eigenvalue weighted by atomic mass is 79.9. The topological polar surface area (TPSA) is 25.4 Å². The predicted octanol–water partition coefficient (Wildman–Crippen LogP) is 3.24. The molecule has 0 N–H and O–H groups in total. The normalized spacial score (nSPS) is 26.8. The van der Waals surface area contributed by atoms with Crippen LogP contribution in [0, 0.1) is 5.41 Å². The van der Waals surface area contributed by atoms with E-state index in [1.54, 1.807) is 0 Å². The first kappa shape index (κ1) is 12.4. The second kappa shape index (κ2) is 4.82. The lowest BCUT2D eigenvalue weighted by Gasteiger charge is -2.39. The van der Waals surface area contributed by atoms with E-state index in [0.29, 0.717) is 11.5 Å². The van der Waals surface area contributed by atoms with Crippen molar-refractivity contribution in [3.63, 3.8) is 0 Å². The zero-order valence-corrected chi connectivity index (χ0v) is 12.3. The molecule has 4 heteroatoms. The molecule has 0 unspecified atom stereocenters. The number of nitrogens with zero attached hydrogens (tertiary/aromatic N) is 2. The van der Waals surface area contributed by atoms with Crippen molar-refractivity contribution in [2.75, 3.05) is 24.7 Å². The summed E-state index contributed by atoms with van der Waals surface area (Å²) in [5.74, 6) is 1.11. The fourth-order valence-corrected chi connectivity index (χ4v) is 3.61. The van der Waals surface area contributed by atoms with Crippen LogP contribution in [-0.4, -0.2) is 30.8 Å². The summed E-state index contributed by atoms with van der Waals surface area (Å²) >= 11 is 3.44. The molecule has 2 aliphatic rings. The molecule has 1 atom stereocenters. The summed E-state index contributed by atoms with van der Waals surface area (Å²) in [7, 11) is 0. The van der Waals surface area contributed by atoms with Crippen LogP contribution in [0.5, 0.6) is 0 Å². The van der Waals surface area contributed by atoms with Gasteiger partial charge in [-0.3, -0.25) is 0 Å². The zero-order chi connectivity index (χ0) is 12.6. The Labute approximate surface area is 117 Å². The van der Waals surface area contributed by atoms with Crippen molar-refractivity contribution in [2.45, 2.75) is 32.2 Å². The second-order valence-corrected chi connectivity index (χ2v) is 6.34. The van der Waals surface area contributed by atoms with Crippen LogP contribution in [0.2, 0.25) is 0 Å². The Balaban J connectivity index is 1.81. The smallest absolute Gasteiger partial charge is 0.128 e. The van der Waals surface area contributed by atoms with Gasteiger partial charge in [0.1, 0.15) is 5.82 Å². The zero-order valence-electron chi connectivity index (χ0n) is 10.7. The fourth-order valence-electron chi connectivity index (χ4n) is 3.37. The number of ether oxygens (including phenoxy) is 1. The van der Waals surface area contributed by atoms with Crippen LogP contribution >= 0.6 is 15.9 Å². The van der Waals surface area contributed by atoms with E-state index in [4.69, 9.17) is 4.74 Å². The van der Waals surface area contributed by atoms with E-state index in [9.17, 15) is 0 Å². The summed E-state index contributed by atoms with van der Waals surface area (Å²) in [6.45, 7) is 5.32. The molecule has 3 heterocycles. The molecule has 2 fully saturated rings. The van der Waals surface area contributed by atoms with Gasteiger partial charge < -0.3 is 9.64 Å². The van der Waals surface area contributed by atoms with Crippen LogP contribution in [0.1, 0.15) is 26.2 Å². The molecule has 0 bridgehead atoms. The molecular formula is C14H19BrN2O. The molecule has 1 aromatic rings. The number of hydrogen-bond acceptors (Lipinski definition) is 3. The molecule has 2 saturated heterocycles. The molecule has 0 aliphatic carbocycles. The van der Waals surface area contributed by atoms with Crippen molar-refractivity contribution in [1.82, 2.24) is 4.98 Å². The number of hydrogen-bond donors (Lipinski definition) is 0. The highest BCUT2D eigenvalue weighted by molar-refractivity contribution is 9.10. The standard InChI is InChI=1S/C14H19BrN2O/c1-11-14(5-8-18-9-6-14)4-7-17(11)13-3-2-12(15)10-16-13/h2-3,10-11H,4-9H2,1H3/t11-/m1/s1. The minimum atomic E-state index is 0.451. The number of anilines is 1. The number of rotatable bonds is 1. The van der Waals surface area contributed by atoms with Gasteiger partial charge in [0, 0.05) is 36.5 Å². The van der Waals surface area contributed by atoms with E-state index in [1.807, 2.05) is 6.20 Å². The van der Waals surface area contributed by atoms with Gasteiger partial charge in [-0.1, -0.05) is 0 Å². The summed E-state index contributed by atoms with van der Waals surface area (Å²) in [6.07, 6.45) is 5.55. The minimum Gasteiger partial charge on any atom is -0.381 e. The van der Waals surface area contributed by atoms with Crippen molar-refractivity contribution < 1.29 is 4.74 Å². The average molecular weight is 311 g/mol. The van der Waals surface area contributed by atoms with Crippen molar-refractivity contribution >= 4 is 21.7 Å². The van der Waals surface area contributed by atoms with Crippen molar-refractivity contribution in [2.24, 2.45) is 5.41 Å². The first-order valence-corrected chi connectivity index (χ1v) is 7.47. The van der Waals surface area contributed by atoms with E-state index >= 15 is 0 Å². The van der Waals surface area contributed by atoms with E-state index in [-0.39, 0.29) is 0 Å². The van der Waals surface area contributed by atoms with Gasteiger partial charge in [0.05, 0.1) is 0 Å². The quantitative estimate of drug-likeness (QED) is 0.796. The summed E-state index contributed by atoms with van der Waals surface area (Å²) in [6, 6.07) is 4.75. The van der Waals surface area contributed by atoms with Gasteiger partial charge in [0.15, 0.2) is 0 Å². The molecule has 3 rings (SSSR count). The van der Waals surface area contributed by atoms with Gasteiger partial charge in [0.25, 0.3) is 0 Å². The third-order valence-corrected chi connectivity index (χ3v) is 5.17. The molecular weight excluding hydrogens is 292 g/mol. The third kappa shape index (κ3) is 2.05. The highest BCUT2D eigenvalue weighted by Gasteiger charge is 2.45. The molecule has 98 valence electrons. The Kier molecular flexibility index (Phi) is 3.32. The predicted molar refractivity (Wildman–Crippen MR) is 75.8 cm³/mol. The van der Waals surface area contributed by atoms with Gasteiger partial charge >= 0.3 is 0 Å². The lowest BCUT2D eigenvalue weighted by Crippen LogP contribution is -2.41. The monoisotopic (exact) mass is 310 g/mol. The Morgan fingerprint density at radius 3 is 2.78 bits per heavy atom. The van der Waals surface area contributed by atoms with Gasteiger partial charge in [-0.15, -0.1) is 0 Å². The van der Waals surface area contributed by atoms with Crippen LogP contribution < -0.4 is 4.90 Å². The first-order chi connectivity index (χ1) is 8.71. The average Bonchev–Trinajstić information content (AvgIpc) is 2.70. The van der Waals surface area contributed by atoms with E-state index in [2.05, 4.69) is 44.9 Å². The third-order valence-electron chi connectivity index (χ3n) is 4.70. The maximum atomic E-state index is 5.52. The molecule has 0 saturated carbocycles. The Morgan fingerprint density at radius 1 is 1.33 bits per heavy atom. The van der Waals surface area contributed by atoms with E-state index in [0.717, 1.165) is 30.0 Å². The van der Waals surface area contributed by atoms with Crippen molar-refractivity contribution in [3.8, 4) is 0 Å². The lowest BCUT2D eigenvalue weighted by molar-refractivity contribution is 0.0128. The molecule has 0 aromatic carbocycles. The van der Waals surface area contributed by atoms with Crippen LogP contribution in [0.4, 0.5) is 5.82 Å². The van der Waals surface area contributed by atoms with Crippen LogP contribution in [0.3, 0.4) is 0 Å². The summed E-state index contributed by atoms with van der Waals surface area (Å²) in [4.78, 5) is 6.99. The first-order valence-electron chi connectivity index (χ1n) is 6.67. The van der Waals surface area contributed by atoms with Gasteiger partial charge in [-0.25, -0.2) is 4.98 Å². The molecule has 0 amide bonds. The molecule has 1 spiro atoms. The maximum absolute atomic E-state index is 5.52.